The Morgan fingerprint density at radius 2 is 1.97 bits per heavy atom. The van der Waals surface area contributed by atoms with Crippen LogP contribution in [-0.4, -0.2) is 23.2 Å². The van der Waals surface area contributed by atoms with E-state index in [1.54, 1.807) is 31.7 Å². The highest BCUT2D eigenvalue weighted by atomic mass is 35.5. The van der Waals surface area contributed by atoms with Gasteiger partial charge in [0.2, 0.25) is 0 Å². The molecule has 5 nitrogen and oxygen atoms in total. The lowest BCUT2D eigenvalue weighted by Gasteiger charge is -2.32. The van der Waals surface area contributed by atoms with Gasteiger partial charge in [-0.15, -0.1) is 0 Å². The number of rotatable bonds is 3. The standard InChI is InChI=1S/C21H20ClF2N3O2/c1-11-7-13-16(26(2)21(11)28)8-12(29-3)9-17(13)27-6-4-5-15-18(27)10-14(20(23)24)19(22)25-15/h7-10,20H,4-6H2,1-3H3. The Hall–Kier alpha value is -2.67. The van der Waals surface area contributed by atoms with Crippen LogP contribution in [0, 0.1) is 6.92 Å². The number of halogens is 3. The van der Waals surface area contributed by atoms with E-state index in [4.69, 9.17) is 16.3 Å². The summed E-state index contributed by atoms with van der Waals surface area (Å²) >= 11 is 5.98. The molecule has 0 N–H and O–H groups in total. The SMILES string of the molecule is COc1cc(N2CCCc3nc(Cl)c(C(F)F)cc32)c2cc(C)c(=O)n(C)c2c1. The van der Waals surface area contributed by atoms with Gasteiger partial charge in [0.15, 0.2) is 0 Å². The highest BCUT2D eigenvalue weighted by molar-refractivity contribution is 6.30. The quantitative estimate of drug-likeness (QED) is 0.565. The molecule has 0 atom stereocenters. The number of fused-ring (bicyclic) bond motifs is 2. The average molecular weight is 420 g/mol. The zero-order valence-electron chi connectivity index (χ0n) is 16.3. The fraction of sp³-hybridized carbons (Fsp3) is 0.333. The first-order chi connectivity index (χ1) is 13.8. The van der Waals surface area contributed by atoms with Crippen LogP contribution in [0.25, 0.3) is 10.9 Å². The summed E-state index contributed by atoms with van der Waals surface area (Å²) < 4.78 is 33.9. The number of benzene rings is 1. The summed E-state index contributed by atoms with van der Waals surface area (Å²) in [5.74, 6) is 0.578. The van der Waals surface area contributed by atoms with Gasteiger partial charge in [-0.1, -0.05) is 11.6 Å². The van der Waals surface area contributed by atoms with Gasteiger partial charge in [-0.2, -0.15) is 0 Å². The molecule has 0 aliphatic carbocycles. The fourth-order valence-electron chi connectivity index (χ4n) is 3.89. The van der Waals surface area contributed by atoms with Crippen molar-refractivity contribution in [1.82, 2.24) is 9.55 Å². The Labute approximate surface area is 171 Å². The molecule has 1 aromatic carbocycles. The predicted octanol–water partition coefficient (Wildman–Crippen LogP) is 4.93. The van der Waals surface area contributed by atoms with E-state index in [1.807, 2.05) is 17.0 Å². The highest BCUT2D eigenvalue weighted by Crippen LogP contribution is 2.41. The topological polar surface area (TPSA) is 47.4 Å². The lowest BCUT2D eigenvalue weighted by Crippen LogP contribution is -2.27. The number of nitrogens with zero attached hydrogens (tertiary/aromatic N) is 3. The summed E-state index contributed by atoms with van der Waals surface area (Å²) in [4.78, 5) is 18.6. The van der Waals surface area contributed by atoms with Crippen molar-refractivity contribution in [1.29, 1.82) is 0 Å². The van der Waals surface area contributed by atoms with E-state index >= 15 is 0 Å². The van der Waals surface area contributed by atoms with Crippen molar-refractivity contribution in [3.05, 3.63) is 56.6 Å². The third-order valence-corrected chi connectivity index (χ3v) is 5.68. The largest absolute Gasteiger partial charge is 0.497 e. The van der Waals surface area contributed by atoms with Crippen LogP contribution in [0.5, 0.6) is 5.75 Å². The Morgan fingerprint density at radius 3 is 2.66 bits per heavy atom. The van der Waals surface area contributed by atoms with Crippen molar-refractivity contribution in [2.24, 2.45) is 7.05 Å². The van der Waals surface area contributed by atoms with E-state index < -0.39 is 6.43 Å². The molecular weight excluding hydrogens is 400 g/mol. The molecule has 3 aromatic rings. The fourth-order valence-corrected chi connectivity index (χ4v) is 4.13. The van der Waals surface area contributed by atoms with Crippen LogP contribution in [-0.2, 0) is 13.5 Å². The monoisotopic (exact) mass is 419 g/mol. The third kappa shape index (κ3) is 3.23. The summed E-state index contributed by atoms with van der Waals surface area (Å²) in [6.07, 6.45) is -1.25. The van der Waals surface area contributed by atoms with Gasteiger partial charge >= 0.3 is 0 Å². The molecule has 0 fully saturated rings. The van der Waals surface area contributed by atoms with Crippen molar-refractivity contribution in [2.45, 2.75) is 26.2 Å². The second-order valence-corrected chi connectivity index (χ2v) is 7.52. The minimum atomic E-state index is -2.71. The molecule has 0 radical (unpaired) electrons. The van der Waals surface area contributed by atoms with E-state index in [2.05, 4.69) is 4.98 Å². The first-order valence-electron chi connectivity index (χ1n) is 9.25. The van der Waals surface area contributed by atoms with Gasteiger partial charge in [0.05, 0.1) is 35.3 Å². The highest BCUT2D eigenvalue weighted by Gasteiger charge is 2.26. The molecule has 0 saturated heterocycles. The van der Waals surface area contributed by atoms with Crippen molar-refractivity contribution < 1.29 is 13.5 Å². The molecule has 3 heterocycles. The van der Waals surface area contributed by atoms with Crippen LogP contribution in [0.15, 0.2) is 29.1 Å². The summed E-state index contributed by atoms with van der Waals surface area (Å²) in [6.45, 7) is 2.39. The van der Waals surface area contributed by atoms with Crippen LogP contribution in [0.4, 0.5) is 20.2 Å². The van der Waals surface area contributed by atoms with Gasteiger partial charge in [-0.25, -0.2) is 13.8 Å². The molecule has 2 aromatic heterocycles. The Bertz CT molecular complexity index is 1180. The van der Waals surface area contributed by atoms with Gasteiger partial charge in [0.25, 0.3) is 12.0 Å². The molecule has 0 unspecified atom stereocenters. The van der Waals surface area contributed by atoms with Gasteiger partial charge in [0.1, 0.15) is 10.9 Å². The first-order valence-corrected chi connectivity index (χ1v) is 9.63. The molecule has 8 heteroatoms. The Balaban J connectivity index is 2.02. The normalized spacial score (nSPS) is 13.8. The third-order valence-electron chi connectivity index (χ3n) is 5.38. The molecule has 0 spiro atoms. The minimum absolute atomic E-state index is 0.0933. The maximum absolute atomic E-state index is 13.4. The number of hydrogen-bond acceptors (Lipinski definition) is 4. The number of anilines is 2. The first kappa shape index (κ1) is 19.6. The molecule has 152 valence electrons. The number of aryl methyl sites for hydroxylation is 3. The minimum Gasteiger partial charge on any atom is -0.497 e. The number of alkyl halides is 2. The van der Waals surface area contributed by atoms with E-state index in [-0.39, 0.29) is 16.3 Å². The maximum atomic E-state index is 13.4. The second-order valence-electron chi connectivity index (χ2n) is 7.16. The van der Waals surface area contributed by atoms with E-state index in [0.717, 1.165) is 17.5 Å². The lowest BCUT2D eigenvalue weighted by molar-refractivity contribution is 0.151. The maximum Gasteiger partial charge on any atom is 0.266 e. The molecule has 1 aliphatic rings. The number of methoxy groups -OCH3 is 1. The van der Waals surface area contributed by atoms with Crippen LogP contribution >= 0.6 is 11.6 Å². The van der Waals surface area contributed by atoms with Crippen molar-refractivity contribution in [3.8, 4) is 5.75 Å². The van der Waals surface area contributed by atoms with Gasteiger partial charge in [-0.05, 0) is 31.9 Å². The van der Waals surface area contributed by atoms with Crippen LogP contribution in [0.1, 0.15) is 29.7 Å². The van der Waals surface area contributed by atoms with Crippen LogP contribution < -0.4 is 15.2 Å². The predicted molar refractivity (Wildman–Crippen MR) is 110 cm³/mol. The number of ether oxygens (including phenoxy) is 1. The lowest BCUT2D eigenvalue weighted by atomic mass is 10.0. The van der Waals surface area contributed by atoms with E-state index in [9.17, 15) is 13.6 Å². The number of hydrogen-bond donors (Lipinski definition) is 0. The molecular formula is C21H20ClF2N3O2. The number of aromatic nitrogens is 2. The van der Waals surface area contributed by atoms with Gasteiger partial charge < -0.3 is 14.2 Å². The van der Waals surface area contributed by atoms with E-state index in [0.29, 0.717) is 41.2 Å². The van der Waals surface area contributed by atoms with Gasteiger partial charge in [0, 0.05) is 36.7 Å². The Kier molecular flexibility index (Phi) is 4.94. The summed E-state index contributed by atoms with van der Waals surface area (Å²) in [7, 11) is 3.26. The zero-order valence-corrected chi connectivity index (χ0v) is 17.1. The van der Waals surface area contributed by atoms with Crippen molar-refractivity contribution in [2.75, 3.05) is 18.6 Å². The summed E-state index contributed by atoms with van der Waals surface area (Å²) in [5.41, 5.74) is 3.00. The Morgan fingerprint density at radius 1 is 1.21 bits per heavy atom. The van der Waals surface area contributed by atoms with Crippen molar-refractivity contribution >= 4 is 33.9 Å². The molecule has 0 saturated carbocycles. The summed E-state index contributed by atoms with van der Waals surface area (Å²) in [5, 5.41) is 0.682. The number of pyridine rings is 2. The summed E-state index contributed by atoms with van der Waals surface area (Å²) in [6, 6.07) is 6.92. The second kappa shape index (κ2) is 7.30. The average Bonchev–Trinajstić information content (AvgIpc) is 2.70. The molecule has 4 rings (SSSR count). The molecule has 0 amide bonds. The van der Waals surface area contributed by atoms with Gasteiger partial charge in [-0.3, -0.25) is 4.79 Å². The zero-order chi connectivity index (χ0) is 20.9. The van der Waals surface area contributed by atoms with Crippen molar-refractivity contribution in [3.63, 3.8) is 0 Å². The molecule has 0 bridgehead atoms. The van der Waals surface area contributed by atoms with Crippen LogP contribution in [0.2, 0.25) is 5.15 Å². The smallest absolute Gasteiger partial charge is 0.266 e. The van der Waals surface area contributed by atoms with E-state index in [1.165, 1.54) is 6.07 Å². The molecule has 1 aliphatic heterocycles. The van der Waals surface area contributed by atoms with Crippen LogP contribution in [0.3, 0.4) is 0 Å². The molecule has 29 heavy (non-hydrogen) atoms.